The summed E-state index contributed by atoms with van der Waals surface area (Å²) < 4.78 is 6.14. The van der Waals surface area contributed by atoms with Gasteiger partial charge in [0.05, 0.1) is 16.3 Å². The minimum Gasteiger partial charge on any atom is -0.445 e. The normalized spacial score (nSPS) is 18.3. The van der Waals surface area contributed by atoms with Gasteiger partial charge in [-0.1, -0.05) is 66.7 Å². The predicted molar refractivity (Wildman–Crippen MR) is 136 cm³/mol. The number of hydrogen-bond donors (Lipinski definition) is 4. The number of carbonyl (C=O) groups is 3. The van der Waals surface area contributed by atoms with Crippen LogP contribution in [-0.4, -0.2) is 29.2 Å². The van der Waals surface area contributed by atoms with Gasteiger partial charge in [0, 0.05) is 10.4 Å². The summed E-state index contributed by atoms with van der Waals surface area (Å²) in [5, 5.41) is 15.5. The van der Waals surface area contributed by atoms with Gasteiger partial charge in [-0.3, -0.25) is 14.8 Å². The Balaban J connectivity index is 1.32. The van der Waals surface area contributed by atoms with Gasteiger partial charge in [0.25, 0.3) is 5.91 Å². The zero-order valence-electron chi connectivity index (χ0n) is 19.1. The van der Waals surface area contributed by atoms with Crippen LogP contribution in [0.1, 0.15) is 27.2 Å². The number of fused-ring (bicyclic) bond motifs is 1. The summed E-state index contributed by atoms with van der Waals surface area (Å²) in [7, 11) is 0. The molecule has 8 nitrogen and oxygen atoms in total. The van der Waals surface area contributed by atoms with E-state index in [2.05, 4.69) is 10.6 Å². The van der Waals surface area contributed by atoms with Crippen molar-refractivity contribution in [3.63, 3.8) is 0 Å². The molecule has 0 spiro atoms. The topological polar surface area (TPSA) is 117 Å². The summed E-state index contributed by atoms with van der Waals surface area (Å²) in [6.45, 7) is 0.140. The van der Waals surface area contributed by atoms with Gasteiger partial charge in [-0.2, -0.15) is 0 Å². The largest absolute Gasteiger partial charge is 0.445 e. The molecular formula is C27H23N3O5S. The van der Waals surface area contributed by atoms with E-state index in [1.807, 2.05) is 60.7 Å². The summed E-state index contributed by atoms with van der Waals surface area (Å²) in [5.41, 5.74) is 2.94. The van der Waals surface area contributed by atoms with Crippen molar-refractivity contribution in [3.8, 4) is 0 Å². The van der Waals surface area contributed by atoms with Gasteiger partial charge in [-0.05, 0) is 41.1 Å². The van der Waals surface area contributed by atoms with Crippen molar-refractivity contribution in [1.82, 2.24) is 10.8 Å². The summed E-state index contributed by atoms with van der Waals surface area (Å²) >= 11 is 1.21. The van der Waals surface area contributed by atoms with Crippen LogP contribution in [0.25, 0.3) is 10.1 Å². The van der Waals surface area contributed by atoms with Crippen LogP contribution in [-0.2, 0) is 21.6 Å². The number of rotatable bonds is 7. The molecule has 1 saturated carbocycles. The van der Waals surface area contributed by atoms with Crippen LogP contribution < -0.4 is 16.1 Å². The van der Waals surface area contributed by atoms with Crippen LogP contribution in [0.5, 0.6) is 0 Å². The summed E-state index contributed by atoms with van der Waals surface area (Å²) in [6.07, 6.45) is -0.144. The zero-order valence-corrected chi connectivity index (χ0v) is 19.9. The number of hydroxylamine groups is 1. The third kappa shape index (κ3) is 4.66. The molecule has 182 valence electrons. The second-order valence-corrected chi connectivity index (χ2v) is 9.64. The summed E-state index contributed by atoms with van der Waals surface area (Å²) in [4.78, 5) is 38.1. The van der Waals surface area contributed by atoms with Crippen LogP contribution in [0.4, 0.5) is 10.5 Å². The molecular weight excluding hydrogens is 478 g/mol. The van der Waals surface area contributed by atoms with E-state index >= 15 is 0 Å². The lowest BCUT2D eigenvalue weighted by Crippen LogP contribution is -2.38. The molecule has 0 radical (unpaired) electrons. The van der Waals surface area contributed by atoms with Crippen LogP contribution in [0.15, 0.2) is 84.9 Å². The summed E-state index contributed by atoms with van der Waals surface area (Å²) in [6, 6.07) is 25.3. The Morgan fingerprint density at radius 1 is 0.972 bits per heavy atom. The fraction of sp³-hybridized carbons (Fsp3) is 0.148. The van der Waals surface area contributed by atoms with Gasteiger partial charge >= 0.3 is 6.09 Å². The van der Waals surface area contributed by atoms with Gasteiger partial charge in [0.1, 0.15) is 6.61 Å². The number of ether oxygens (including phenoxy) is 1. The average Bonchev–Trinajstić information content (AvgIpc) is 3.47. The van der Waals surface area contributed by atoms with Crippen molar-refractivity contribution in [2.45, 2.75) is 24.5 Å². The number of carbonyl (C=O) groups excluding carboxylic acids is 3. The maximum absolute atomic E-state index is 13.6. The molecule has 2 atom stereocenters. The van der Waals surface area contributed by atoms with Gasteiger partial charge < -0.3 is 15.4 Å². The van der Waals surface area contributed by atoms with Gasteiger partial charge in [0.15, 0.2) is 0 Å². The lowest BCUT2D eigenvalue weighted by Gasteiger charge is -2.18. The first-order valence-electron chi connectivity index (χ1n) is 11.3. The molecule has 0 aliphatic heterocycles. The molecule has 4 aromatic rings. The number of benzene rings is 3. The molecule has 3 aromatic carbocycles. The molecule has 5 rings (SSSR count). The lowest BCUT2D eigenvalue weighted by molar-refractivity contribution is -0.118. The van der Waals surface area contributed by atoms with Crippen LogP contribution in [0.3, 0.4) is 0 Å². The van der Waals surface area contributed by atoms with E-state index in [9.17, 15) is 14.4 Å². The number of amides is 3. The maximum atomic E-state index is 13.6. The standard InChI is InChI=1S/C27H23N3O5S/c31-24(30-34)22-13-18-11-12-20(14-21(18)36-22)28-25(32)27(19-9-5-2-6-10-19)15-23(27)29-26(33)35-16-17-7-3-1-4-8-17/h1-14,23,34H,15-16H2,(H,28,32)(H,29,33)(H,30,31). The van der Waals surface area contributed by atoms with Gasteiger partial charge in [-0.15, -0.1) is 11.3 Å². The highest BCUT2D eigenvalue weighted by molar-refractivity contribution is 7.20. The van der Waals surface area contributed by atoms with E-state index < -0.39 is 23.5 Å². The highest BCUT2D eigenvalue weighted by atomic mass is 32.1. The Morgan fingerprint density at radius 2 is 1.69 bits per heavy atom. The number of hydrogen-bond acceptors (Lipinski definition) is 6. The molecule has 36 heavy (non-hydrogen) atoms. The van der Waals surface area contributed by atoms with Gasteiger partial charge in [0.2, 0.25) is 5.91 Å². The minimum absolute atomic E-state index is 0.140. The molecule has 1 aromatic heterocycles. The molecule has 9 heteroatoms. The lowest BCUT2D eigenvalue weighted by atomic mass is 9.93. The first-order valence-corrected chi connectivity index (χ1v) is 12.1. The van der Waals surface area contributed by atoms with Crippen LogP contribution in [0.2, 0.25) is 0 Å². The molecule has 2 unspecified atom stereocenters. The Hall–Kier alpha value is -4.21. The van der Waals surface area contributed by atoms with Crippen molar-refractivity contribution in [1.29, 1.82) is 0 Å². The zero-order chi connectivity index (χ0) is 25.1. The second kappa shape index (κ2) is 9.80. The van der Waals surface area contributed by atoms with E-state index in [0.717, 1.165) is 21.2 Å². The highest BCUT2D eigenvalue weighted by Gasteiger charge is 2.62. The molecule has 1 aliphatic carbocycles. The van der Waals surface area contributed by atoms with E-state index in [4.69, 9.17) is 9.94 Å². The van der Waals surface area contributed by atoms with E-state index in [-0.39, 0.29) is 12.5 Å². The average molecular weight is 502 g/mol. The Kier molecular flexibility index (Phi) is 6.41. The first kappa shape index (κ1) is 23.5. The van der Waals surface area contributed by atoms with Crippen molar-refractivity contribution in [3.05, 3.63) is 101 Å². The fourth-order valence-corrected chi connectivity index (χ4v) is 5.29. The van der Waals surface area contributed by atoms with Crippen molar-refractivity contribution < 1.29 is 24.3 Å². The smallest absolute Gasteiger partial charge is 0.407 e. The summed E-state index contributed by atoms with van der Waals surface area (Å²) in [5.74, 6) is -0.831. The molecule has 1 aliphatic rings. The van der Waals surface area contributed by atoms with Crippen molar-refractivity contribution >= 4 is 45.0 Å². The molecule has 1 fully saturated rings. The van der Waals surface area contributed by atoms with Crippen LogP contribution in [0, 0.1) is 0 Å². The van der Waals surface area contributed by atoms with E-state index in [1.54, 1.807) is 29.7 Å². The predicted octanol–water partition coefficient (Wildman–Crippen LogP) is 4.60. The van der Waals surface area contributed by atoms with Crippen molar-refractivity contribution in [2.75, 3.05) is 5.32 Å². The van der Waals surface area contributed by atoms with E-state index in [1.165, 1.54) is 11.3 Å². The molecule has 0 bridgehead atoms. The third-order valence-electron chi connectivity index (χ3n) is 6.26. The highest BCUT2D eigenvalue weighted by Crippen LogP contribution is 2.49. The van der Waals surface area contributed by atoms with Crippen molar-refractivity contribution in [2.24, 2.45) is 0 Å². The monoisotopic (exact) mass is 501 g/mol. The first-order chi connectivity index (χ1) is 17.5. The molecule has 4 N–H and O–H groups in total. The Morgan fingerprint density at radius 3 is 2.42 bits per heavy atom. The van der Waals surface area contributed by atoms with Crippen LogP contribution >= 0.6 is 11.3 Å². The number of nitrogens with one attached hydrogen (secondary N) is 3. The van der Waals surface area contributed by atoms with Gasteiger partial charge in [-0.25, -0.2) is 10.3 Å². The molecule has 1 heterocycles. The molecule has 3 amide bonds. The maximum Gasteiger partial charge on any atom is 0.407 e. The number of anilines is 1. The Bertz CT molecular complexity index is 1420. The quantitative estimate of drug-likeness (QED) is 0.218. The third-order valence-corrected chi connectivity index (χ3v) is 7.36. The van der Waals surface area contributed by atoms with E-state index in [0.29, 0.717) is 17.0 Å². The SMILES string of the molecule is O=C(NC1CC1(C(=O)Nc1ccc2cc(C(=O)NO)sc2c1)c1ccccc1)OCc1ccccc1. The second-order valence-electron chi connectivity index (χ2n) is 8.56. The Labute approximate surface area is 210 Å². The number of thiophene rings is 1. The number of alkyl carbamates (subject to hydrolysis) is 1. The fourth-order valence-electron chi connectivity index (χ4n) is 4.30. The molecule has 0 saturated heterocycles. The minimum atomic E-state index is -0.931.